The second-order valence-electron chi connectivity index (χ2n) is 4.53. The van der Waals surface area contributed by atoms with E-state index < -0.39 is 12.1 Å². The maximum absolute atomic E-state index is 11.8. The van der Waals surface area contributed by atoms with Crippen molar-refractivity contribution in [3.63, 3.8) is 0 Å². The lowest BCUT2D eigenvalue weighted by Gasteiger charge is -2.12. The Morgan fingerprint density at radius 3 is 2.52 bits per heavy atom. The highest BCUT2D eigenvalue weighted by Gasteiger charge is 2.17. The number of rotatable bonds is 5. The largest absolute Gasteiger partial charge is 0.497 e. The number of carbonyl (C=O) groups is 2. The highest BCUT2D eigenvalue weighted by Crippen LogP contribution is 2.31. The van der Waals surface area contributed by atoms with Crippen LogP contribution in [0.2, 0.25) is 5.02 Å². The average Bonchev–Trinajstić information content (AvgIpc) is 2.55. The number of carboxylic acids is 1. The van der Waals surface area contributed by atoms with Gasteiger partial charge in [-0.05, 0) is 11.6 Å². The van der Waals surface area contributed by atoms with Gasteiger partial charge in [0.05, 0.1) is 23.4 Å². The summed E-state index contributed by atoms with van der Waals surface area (Å²) in [6.45, 7) is 0.0834. The minimum atomic E-state index is -1.23. The van der Waals surface area contributed by atoms with Gasteiger partial charge >= 0.3 is 12.1 Å². The molecule has 0 atom stereocenters. The molecule has 6 nitrogen and oxygen atoms in total. The highest BCUT2D eigenvalue weighted by molar-refractivity contribution is 6.36. The second kappa shape index (κ2) is 7.51. The normalized spacial score (nSPS) is 10.0. The molecule has 23 heavy (non-hydrogen) atoms. The number of anilines is 1. The van der Waals surface area contributed by atoms with Gasteiger partial charge in [-0.3, -0.25) is 5.32 Å². The summed E-state index contributed by atoms with van der Waals surface area (Å²) in [5.74, 6) is -0.972. The van der Waals surface area contributed by atoms with E-state index in [0.29, 0.717) is 0 Å². The molecule has 0 spiro atoms. The molecule has 2 aromatic rings. The monoisotopic (exact) mass is 335 g/mol. The zero-order chi connectivity index (χ0) is 16.8. The molecule has 0 heterocycles. The fraction of sp³-hybridized carbons (Fsp3) is 0.125. The lowest BCUT2D eigenvalue weighted by atomic mass is 10.2. The Kier molecular flexibility index (Phi) is 5.43. The first-order valence-corrected chi connectivity index (χ1v) is 6.97. The van der Waals surface area contributed by atoms with Gasteiger partial charge in [0.25, 0.3) is 0 Å². The van der Waals surface area contributed by atoms with Crippen molar-refractivity contribution in [3.8, 4) is 5.75 Å². The molecule has 7 heteroatoms. The van der Waals surface area contributed by atoms with Crippen LogP contribution in [0.1, 0.15) is 15.9 Å². The van der Waals surface area contributed by atoms with Crippen LogP contribution in [0.25, 0.3) is 0 Å². The average molecular weight is 336 g/mol. The Hall–Kier alpha value is -2.73. The number of hydrogen-bond acceptors (Lipinski definition) is 4. The molecule has 0 aliphatic heterocycles. The standard InChI is InChI=1S/C16H14ClNO5/c1-22-11-7-12(15(19)20)14(17)13(8-11)18-16(21)23-9-10-5-3-2-4-6-10/h2-8H,9H2,1H3,(H,18,21)(H,19,20). The quantitative estimate of drug-likeness (QED) is 0.868. The molecule has 0 unspecified atom stereocenters. The summed E-state index contributed by atoms with van der Waals surface area (Å²) < 4.78 is 10.1. The van der Waals surface area contributed by atoms with Crippen molar-refractivity contribution in [2.75, 3.05) is 12.4 Å². The smallest absolute Gasteiger partial charge is 0.412 e. The molecule has 0 aromatic heterocycles. The van der Waals surface area contributed by atoms with Gasteiger partial charge in [0.1, 0.15) is 12.4 Å². The van der Waals surface area contributed by atoms with Gasteiger partial charge in [-0.2, -0.15) is 0 Å². The lowest BCUT2D eigenvalue weighted by molar-refractivity contribution is 0.0696. The topological polar surface area (TPSA) is 84.9 Å². The van der Waals surface area contributed by atoms with E-state index in [9.17, 15) is 9.59 Å². The number of nitrogens with one attached hydrogen (secondary N) is 1. The Morgan fingerprint density at radius 1 is 1.22 bits per heavy atom. The summed E-state index contributed by atoms with van der Waals surface area (Å²) >= 11 is 5.99. The molecule has 0 saturated heterocycles. The van der Waals surface area contributed by atoms with Crippen molar-refractivity contribution in [3.05, 3.63) is 58.6 Å². The number of aromatic carboxylic acids is 1. The van der Waals surface area contributed by atoms with Gasteiger partial charge in [0, 0.05) is 6.07 Å². The molecule has 0 aliphatic carbocycles. The third-order valence-electron chi connectivity index (χ3n) is 2.96. The van der Waals surface area contributed by atoms with Crippen molar-refractivity contribution in [2.24, 2.45) is 0 Å². The molecule has 0 aliphatic rings. The van der Waals surface area contributed by atoms with E-state index in [1.807, 2.05) is 30.3 Å². The fourth-order valence-corrected chi connectivity index (χ4v) is 2.07. The van der Waals surface area contributed by atoms with Crippen LogP contribution in [0.15, 0.2) is 42.5 Å². The number of hydrogen-bond donors (Lipinski definition) is 2. The van der Waals surface area contributed by atoms with Gasteiger partial charge in [0.2, 0.25) is 0 Å². The first-order valence-electron chi connectivity index (χ1n) is 6.59. The van der Waals surface area contributed by atoms with Crippen LogP contribution >= 0.6 is 11.6 Å². The molecule has 0 saturated carbocycles. The number of benzene rings is 2. The number of carbonyl (C=O) groups excluding carboxylic acids is 1. The number of carboxylic acid groups (broad SMARTS) is 1. The summed E-state index contributed by atoms with van der Waals surface area (Å²) in [5.41, 5.74) is 0.747. The summed E-state index contributed by atoms with van der Waals surface area (Å²) in [6, 6.07) is 11.8. The van der Waals surface area contributed by atoms with Crippen molar-refractivity contribution < 1.29 is 24.2 Å². The van der Waals surface area contributed by atoms with E-state index in [-0.39, 0.29) is 28.6 Å². The van der Waals surface area contributed by atoms with Gasteiger partial charge in [-0.15, -0.1) is 0 Å². The van der Waals surface area contributed by atoms with Crippen LogP contribution in [0, 0.1) is 0 Å². The predicted molar refractivity (Wildman–Crippen MR) is 85.2 cm³/mol. The first kappa shape index (κ1) is 16.6. The zero-order valence-corrected chi connectivity index (χ0v) is 13.0. The van der Waals surface area contributed by atoms with Crippen LogP contribution in [-0.4, -0.2) is 24.3 Å². The molecule has 2 aromatic carbocycles. The van der Waals surface area contributed by atoms with Crippen LogP contribution in [-0.2, 0) is 11.3 Å². The summed E-state index contributed by atoms with van der Waals surface area (Å²) in [4.78, 5) is 23.0. The maximum Gasteiger partial charge on any atom is 0.412 e. The minimum absolute atomic E-state index is 0.0834. The number of methoxy groups -OCH3 is 1. The van der Waals surface area contributed by atoms with Crippen LogP contribution in [0.4, 0.5) is 10.5 Å². The van der Waals surface area contributed by atoms with E-state index in [1.54, 1.807) is 0 Å². The minimum Gasteiger partial charge on any atom is -0.497 e. The molecule has 0 fully saturated rings. The zero-order valence-electron chi connectivity index (χ0n) is 12.2. The van der Waals surface area contributed by atoms with Crippen molar-refractivity contribution in [2.45, 2.75) is 6.61 Å². The van der Waals surface area contributed by atoms with Gasteiger partial charge in [0.15, 0.2) is 0 Å². The number of amides is 1. The second-order valence-corrected chi connectivity index (χ2v) is 4.91. The summed E-state index contributed by atoms with van der Waals surface area (Å²) in [5, 5.41) is 11.4. The molecular weight excluding hydrogens is 322 g/mol. The van der Waals surface area contributed by atoms with Gasteiger partial charge in [-0.1, -0.05) is 41.9 Å². The Labute approximate surface area is 137 Å². The third kappa shape index (κ3) is 4.37. The van der Waals surface area contributed by atoms with Crippen molar-refractivity contribution in [1.29, 1.82) is 0 Å². The Morgan fingerprint density at radius 2 is 1.91 bits per heavy atom. The van der Waals surface area contributed by atoms with E-state index in [2.05, 4.69) is 5.32 Å². The van der Waals surface area contributed by atoms with Crippen LogP contribution < -0.4 is 10.1 Å². The van der Waals surface area contributed by atoms with E-state index in [4.69, 9.17) is 26.2 Å². The molecule has 2 N–H and O–H groups in total. The number of halogens is 1. The molecule has 0 bridgehead atoms. The predicted octanol–water partition coefficient (Wildman–Crippen LogP) is 3.80. The highest BCUT2D eigenvalue weighted by atomic mass is 35.5. The van der Waals surface area contributed by atoms with E-state index >= 15 is 0 Å². The molecule has 0 radical (unpaired) electrons. The van der Waals surface area contributed by atoms with Crippen molar-refractivity contribution >= 4 is 29.4 Å². The van der Waals surface area contributed by atoms with Crippen LogP contribution in [0.3, 0.4) is 0 Å². The first-order chi connectivity index (χ1) is 11.0. The molecule has 120 valence electrons. The molecular formula is C16H14ClNO5. The fourth-order valence-electron chi connectivity index (χ4n) is 1.83. The molecule has 2 rings (SSSR count). The molecule has 1 amide bonds. The lowest BCUT2D eigenvalue weighted by Crippen LogP contribution is -2.14. The van der Waals surface area contributed by atoms with E-state index in [1.165, 1.54) is 19.2 Å². The Bertz CT molecular complexity index is 718. The van der Waals surface area contributed by atoms with Gasteiger partial charge in [-0.25, -0.2) is 9.59 Å². The van der Waals surface area contributed by atoms with E-state index in [0.717, 1.165) is 5.56 Å². The van der Waals surface area contributed by atoms with Crippen LogP contribution in [0.5, 0.6) is 5.75 Å². The third-order valence-corrected chi connectivity index (χ3v) is 3.37. The summed E-state index contributed by atoms with van der Waals surface area (Å²) in [6.07, 6.45) is -0.750. The SMILES string of the molecule is COc1cc(NC(=O)OCc2ccccc2)c(Cl)c(C(=O)O)c1. The summed E-state index contributed by atoms with van der Waals surface area (Å²) in [7, 11) is 1.38. The maximum atomic E-state index is 11.8. The number of ether oxygens (including phenoxy) is 2. The Balaban J connectivity index is 2.11. The van der Waals surface area contributed by atoms with Crippen molar-refractivity contribution in [1.82, 2.24) is 0 Å². The van der Waals surface area contributed by atoms with Gasteiger partial charge < -0.3 is 14.6 Å².